The molecule has 2 aliphatic heterocycles. The monoisotopic (exact) mass is 330 g/mol. The molecule has 2 saturated heterocycles. The fourth-order valence-electron chi connectivity index (χ4n) is 3.72. The zero-order chi connectivity index (χ0) is 16.9. The van der Waals surface area contributed by atoms with Crippen molar-refractivity contribution in [1.29, 1.82) is 0 Å². The summed E-state index contributed by atoms with van der Waals surface area (Å²) in [7, 11) is 0. The predicted molar refractivity (Wildman–Crippen MR) is 91.3 cm³/mol. The summed E-state index contributed by atoms with van der Waals surface area (Å²) < 4.78 is 5.46. The third-order valence-electron chi connectivity index (χ3n) is 4.90. The Bertz CT molecular complexity index is 575. The summed E-state index contributed by atoms with van der Waals surface area (Å²) >= 11 is 0. The largest absolute Gasteiger partial charge is 0.445 e. The highest BCUT2D eigenvalue weighted by Crippen LogP contribution is 2.24. The van der Waals surface area contributed by atoms with E-state index in [-0.39, 0.29) is 24.6 Å². The molecule has 2 amide bonds. The lowest BCUT2D eigenvalue weighted by Gasteiger charge is -2.42. The van der Waals surface area contributed by atoms with Gasteiger partial charge >= 0.3 is 6.09 Å². The van der Waals surface area contributed by atoms with E-state index in [0.717, 1.165) is 31.4 Å². The Labute approximate surface area is 143 Å². The number of carbonyl (C=O) groups is 2. The van der Waals surface area contributed by atoms with Gasteiger partial charge in [0.05, 0.1) is 0 Å². The van der Waals surface area contributed by atoms with Crippen molar-refractivity contribution in [2.24, 2.45) is 5.92 Å². The average molecular weight is 330 g/mol. The summed E-state index contributed by atoms with van der Waals surface area (Å²) in [6.07, 6.45) is 3.38. The molecule has 0 aliphatic carbocycles. The molecule has 2 heterocycles. The van der Waals surface area contributed by atoms with Gasteiger partial charge in [-0.1, -0.05) is 37.3 Å². The van der Waals surface area contributed by atoms with Crippen LogP contribution in [0.15, 0.2) is 30.3 Å². The molecule has 24 heavy (non-hydrogen) atoms. The first kappa shape index (κ1) is 16.8. The molecule has 1 aromatic rings. The van der Waals surface area contributed by atoms with Crippen LogP contribution in [-0.2, 0) is 16.1 Å². The van der Waals surface area contributed by atoms with Crippen molar-refractivity contribution >= 4 is 12.0 Å². The molecule has 0 spiro atoms. The summed E-state index contributed by atoms with van der Waals surface area (Å²) in [4.78, 5) is 28.4. The molecule has 1 aromatic carbocycles. The number of hydrogen-bond donors (Lipinski definition) is 0. The van der Waals surface area contributed by atoms with Crippen LogP contribution in [0.4, 0.5) is 4.79 Å². The number of amides is 2. The molecule has 2 fully saturated rings. The van der Waals surface area contributed by atoms with E-state index in [1.807, 2.05) is 35.2 Å². The third-order valence-corrected chi connectivity index (χ3v) is 4.90. The van der Waals surface area contributed by atoms with E-state index >= 15 is 0 Å². The lowest BCUT2D eigenvalue weighted by Crippen LogP contribution is -2.55. The molecule has 0 bridgehead atoms. The number of likely N-dealkylation sites (tertiary alicyclic amines) is 2. The van der Waals surface area contributed by atoms with E-state index in [2.05, 4.69) is 6.92 Å². The Hall–Kier alpha value is -2.04. The molecular weight excluding hydrogens is 304 g/mol. The quantitative estimate of drug-likeness (QED) is 0.856. The zero-order valence-electron chi connectivity index (χ0n) is 14.3. The van der Waals surface area contributed by atoms with E-state index < -0.39 is 0 Å². The molecule has 2 unspecified atom stereocenters. The van der Waals surface area contributed by atoms with Crippen molar-refractivity contribution in [2.75, 3.05) is 19.6 Å². The normalized spacial score (nSPS) is 24.8. The van der Waals surface area contributed by atoms with Crippen LogP contribution >= 0.6 is 0 Å². The first-order valence-electron chi connectivity index (χ1n) is 8.88. The highest BCUT2D eigenvalue weighted by atomic mass is 16.6. The molecule has 2 aliphatic rings. The highest BCUT2D eigenvalue weighted by Gasteiger charge is 2.34. The first-order valence-corrected chi connectivity index (χ1v) is 8.88. The highest BCUT2D eigenvalue weighted by molar-refractivity contribution is 5.77. The Morgan fingerprint density at radius 1 is 1.21 bits per heavy atom. The maximum Gasteiger partial charge on any atom is 0.410 e. The van der Waals surface area contributed by atoms with E-state index in [0.29, 0.717) is 25.4 Å². The molecule has 5 nitrogen and oxygen atoms in total. The SMILES string of the molecule is CC1CC(N2CCCCC2=O)CN(C(=O)OCc2ccccc2)C1. The number of ether oxygens (including phenoxy) is 1. The zero-order valence-corrected chi connectivity index (χ0v) is 14.3. The van der Waals surface area contributed by atoms with Gasteiger partial charge in [0.15, 0.2) is 0 Å². The smallest absolute Gasteiger partial charge is 0.410 e. The van der Waals surface area contributed by atoms with Crippen molar-refractivity contribution in [3.63, 3.8) is 0 Å². The standard InChI is InChI=1S/C19H26N2O3/c1-15-11-17(21-10-6-5-9-18(21)22)13-20(12-15)19(23)24-14-16-7-3-2-4-8-16/h2-4,7-8,15,17H,5-6,9-14H2,1H3. The fourth-order valence-corrected chi connectivity index (χ4v) is 3.72. The second-order valence-corrected chi connectivity index (χ2v) is 6.98. The Morgan fingerprint density at radius 2 is 2.00 bits per heavy atom. The topological polar surface area (TPSA) is 49.9 Å². The van der Waals surface area contributed by atoms with Gasteiger partial charge in [-0.2, -0.15) is 0 Å². The third kappa shape index (κ3) is 4.08. The van der Waals surface area contributed by atoms with Crippen LogP contribution in [0.1, 0.15) is 38.2 Å². The minimum Gasteiger partial charge on any atom is -0.445 e. The van der Waals surface area contributed by atoms with E-state index in [4.69, 9.17) is 4.74 Å². The van der Waals surface area contributed by atoms with Crippen LogP contribution in [0.2, 0.25) is 0 Å². The van der Waals surface area contributed by atoms with Gasteiger partial charge in [-0.05, 0) is 30.7 Å². The Balaban J connectivity index is 1.58. The number of benzene rings is 1. The molecule has 3 rings (SSSR count). The number of carbonyl (C=O) groups excluding carboxylic acids is 2. The van der Waals surface area contributed by atoms with Crippen molar-refractivity contribution in [3.05, 3.63) is 35.9 Å². The lowest BCUT2D eigenvalue weighted by molar-refractivity contribution is -0.137. The fraction of sp³-hybridized carbons (Fsp3) is 0.579. The van der Waals surface area contributed by atoms with Gasteiger partial charge in [-0.15, -0.1) is 0 Å². The van der Waals surface area contributed by atoms with Gasteiger partial charge in [0, 0.05) is 32.1 Å². The van der Waals surface area contributed by atoms with E-state index in [1.165, 1.54) is 0 Å². The molecule has 0 saturated carbocycles. The van der Waals surface area contributed by atoms with Crippen LogP contribution < -0.4 is 0 Å². The maximum absolute atomic E-state index is 12.4. The molecule has 5 heteroatoms. The van der Waals surface area contributed by atoms with Crippen LogP contribution in [0.3, 0.4) is 0 Å². The molecule has 130 valence electrons. The van der Waals surface area contributed by atoms with E-state index in [9.17, 15) is 9.59 Å². The Kier molecular flexibility index (Phi) is 5.38. The van der Waals surface area contributed by atoms with Gasteiger partial charge in [0.25, 0.3) is 0 Å². The second-order valence-electron chi connectivity index (χ2n) is 6.98. The van der Waals surface area contributed by atoms with Gasteiger partial charge in [0.1, 0.15) is 6.61 Å². The molecule has 2 atom stereocenters. The number of rotatable bonds is 3. The van der Waals surface area contributed by atoms with Crippen LogP contribution in [0, 0.1) is 5.92 Å². The first-order chi connectivity index (χ1) is 11.6. The molecule has 0 radical (unpaired) electrons. The van der Waals surface area contributed by atoms with Crippen molar-refractivity contribution in [1.82, 2.24) is 9.80 Å². The molecule has 0 N–H and O–H groups in total. The number of piperidine rings is 2. The number of nitrogens with zero attached hydrogens (tertiary/aromatic N) is 2. The minimum absolute atomic E-state index is 0.130. The van der Waals surface area contributed by atoms with Gasteiger partial charge < -0.3 is 14.5 Å². The van der Waals surface area contributed by atoms with Crippen LogP contribution in [-0.4, -0.2) is 47.5 Å². The average Bonchev–Trinajstić information content (AvgIpc) is 2.60. The second kappa shape index (κ2) is 7.69. The lowest BCUT2D eigenvalue weighted by atomic mass is 9.93. The van der Waals surface area contributed by atoms with Crippen molar-refractivity contribution in [3.8, 4) is 0 Å². The summed E-state index contributed by atoms with van der Waals surface area (Å²) in [5.41, 5.74) is 0.985. The van der Waals surface area contributed by atoms with Gasteiger partial charge in [0.2, 0.25) is 5.91 Å². The van der Waals surface area contributed by atoms with Gasteiger partial charge in [-0.3, -0.25) is 4.79 Å². The summed E-state index contributed by atoms with van der Waals surface area (Å²) in [6.45, 7) is 4.54. The Morgan fingerprint density at radius 3 is 2.75 bits per heavy atom. The summed E-state index contributed by atoms with van der Waals surface area (Å²) in [5, 5.41) is 0. The minimum atomic E-state index is -0.278. The van der Waals surface area contributed by atoms with Crippen molar-refractivity contribution < 1.29 is 14.3 Å². The maximum atomic E-state index is 12.4. The molecular formula is C19H26N2O3. The summed E-state index contributed by atoms with van der Waals surface area (Å²) in [5.74, 6) is 0.612. The summed E-state index contributed by atoms with van der Waals surface area (Å²) in [6, 6.07) is 9.83. The predicted octanol–water partition coefficient (Wildman–Crippen LogP) is 3.05. The molecule has 0 aromatic heterocycles. The van der Waals surface area contributed by atoms with E-state index in [1.54, 1.807) is 4.90 Å². The van der Waals surface area contributed by atoms with Gasteiger partial charge in [-0.25, -0.2) is 4.79 Å². The van der Waals surface area contributed by atoms with Crippen LogP contribution in [0.5, 0.6) is 0 Å². The number of hydrogen-bond acceptors (Lipinski definition) is 3. The van der Waals surface area contributed by atoms with Crippen molar-refractivity contribution in [2.45, 2.75) is 45.3 Å². The van der Waals surface area contributed by atoms with Crippen LogP contribution in [0.25, 0.3) is 0 Å².